The van der Waals surface area contributed by atoms with Crippen molar-refractivity contribution >= 4 is 23.7 Å². The fourth-order valence-corrected chi connectivity index (χ4v) is 3.60. The molecule has 118 valence electrons. The van der Waals surface area contributed by atoms with Crippen LogP contribution in [-0.2, 0) is 11.8 Å². The third-order valence-electron chi connectivity index (χ3n) is 4.74. The van der Waals surface area contributed by atoms with Crippen molar-refractivity contribution in [1.82, 2.24) is 14.8 Å². The average Bonchev–Trinajstić information content (AvgIpc) is 2.86. The minimum absolute atomic E-state index is 0.0146. The first-order chi connectivity index (χ1) is 10.0. The lowest BCUT2D eigenvalue weighted by molar-refractivity contribution is -0.133. The summed E-state index contributed by atoms with van der Waals surface area (Å²) < 4.78 is 1.90. The number of carbonyl (C=O) groups is 1. The second kappa shape index (κ2) is 6.68. The molecule has 0 saturated carbocycles. The molecule has 2 heterocycles. The second-order valence-corrected chi connectivity index (χ2v) is 6.66. The summed E-state index contributed by atoms with van der Waals surface area (Å²) in [6.07, 6.45) is 4.83. The van der Waals surface area contributed by atoms with Crippen molar-refractivity contribution in [3.8, 4) is 0 Å². The van der Waals surface area contributed by atoms with E-state index < -0.39 is 5.97 Å². The van der Waals surface area contributed by atoms with Crippen LogP contribution in [0.15, 0.2) is 5.16 Å². The van der Waals surface area contributed by atoms with E-state index in [-0.39, 0.29) is 5.75 Å². The molecule has 1 fully saturated rings. The predicted molar refractivity (Wildman–Crippen MR) is 83.8 cm³/mol. The van der Waals surface area contributed by atoms with E-state index in [1.54, 1.807) is 0 Å². The molecule has 1 saturated heterocycles. The van der Waals surface area contributed by atoms with Crippen molar-refractivity contribution in [3.05, 3.63) is 0 Å². The van der Waals surface area contributed by atoms with Crippen LogP contribution in [0.5, 0.6) is 0 Å². The molecule has 0 aliphatic carbocycles. The predicted octanol–water partition coefficient (Wildman–Crippen LogP) is 2.40. The molecule has 0 unspecified atom stereocenters. The van der Waals surface area contributed by atoms with Crippen LogP contribution in [0.1, 0.15) is 39.5 Å². The van der Waals surface area contributed by atoms with Crippen LogP contribution in [-0.4, -0.2) is 44.7 Å². The topological polar surface area (TPSA) is 71.2 Å². The molecule has 7 heteroatoms. The summed E-state index contributed by atoms with van der Waals surface area (Å²) in [6.45, 7) is 6.55. The van der Waals surface area contributed by atoms with E-state index >= 15 is 0 Å². The Morgan fingerprint density at radius 2 is 1.90 bits per heavy atom. The Morgan fingerprint density at radius 3 is 2.43 bits per heavy atom. The minimum Gasteiger partial charge on any atom is -0.481 e. The zero-order valence-electron chi connectivity index (χ0n) is 13.0. The van der Waals surface area contributed by atoms with E-state index in [0.717, 1.165) is 19.0 Å². The van der Waals surface area contributed by atoms with Gasteiger partial charge in [0.2, 0.25) is 5.95 Å². The molecule has 0 atom stereocenters. The molecule has 1 aliphatic heterocycles. The van der Waals surface area contributed by atoms with Gasteiger partial charge in [-0.1, -0.05) is 38.5 Å². The van der Waals surface area contributed by atoms with Gasteiger partial charge in [0.15, 0.2) is 5.16 Å². The van der Waals surface area contributed by atoms with Crippen LogP contribution >= 0.6 is 11.8 Å². The smallest absolute Gasteiger partial charge is 0.313 e. The Hall–Kier alpha value is -1.24. The average molecular weight is 312 g/mol. The Balaban J connectivity index is 2.02. The standard InChI is InChI=1S/C14H24N4O2S/c1-4-14(5-2)6-8-18(9-7-14)12-15-16-13(17(12)3)21-10-11(19)20/h4-10H2,1-3H3,(H,19,20). The fourth-order valence-electron chi connectivity index (χ4n) is 2.97. The molecule has 21 heavy (non-hydrogen) atoms. The second-order valence-electron chi connectivity index (χ2n) is 5.72. The molecule has 1 aliphatic rings. The van der Waals surface area contributed by atoms with Gasteiger partial charge in [0, 0.05) is 20.1 Å². The van der Waals surface area contributed by atoms with Gasteiger partial charge < -0.3 is 10.0 Å². The summed E-state index contributed by atoms with van der Waals surface area (Å²) in [5, 5.41) is 17.8. The third-order valence-corrected chi connectivity index (χ3v) is 5.75. The number of piperidine rings is 1. The van der Waals surface area contributed by atoms with Gasteiger partial charge in [-0.2, -0.15) is 0 Å². The van der Waals surface area contributed by atoms with Gasteiger partial charge in [-0.05, 0) is 18.3 Å². The number of anilines is 1. The van der Waals surface area contributed by atoms with Crippen molar-refractivity contribution in [2.24, 2.45) is 12.5 Å². The summed E-state index contributed by atoms with van der Waals surface area (Å²) in [4.78, 5) is 12.9. The lowest BCUT2D eigenvalue weighted by Crippen LogP contribution is -2.40. The maximum atomic E-state index is 10.6. The summed E-state index contributed by atoms with van der Waals surface area (Å²) in [6, 6.07) is 0. The number of rotatable bonds is 6. The molecule has 1 N–H and O–H groups in total. The Labute approximate surface area is 129 Å². The molecule has 0 amide bonds. The normalized spacial score (nSPS) is 18.0. The summed E-state index contributed by atoms with van der Waals surface area (Å²) in [7, 11) is 1.90. The quantitative estimate of drug-likeness (QED) is 0.813. The van der Waals surface area contributed by atoms with Gasteiger partial charge in [-0.15, -0.1) is 10.2 Å². The number of thioether (sulfide) groups is 1. The van der Waals surface area contributed by atoms with Crippen molar-refractivity contribution < 1.29 is 9.90 Å². The van der Waals surface area contributed by atoms with E-state index in [2.05, 4.69) is 28.9 Å². The van der Waals surface area contributed by atoms with E-state index in [9.17, 15) is 4.79 Å². The van der Waals surface area contributed by atoms with Gasteiger partial charge in [-0.3, -0.25) is 9.36 Å². The maximum Gasteiger partial charge on any atom is 0.313 e. The number of aromatic nitrogens is 3. The first-order valence-electron chi connectivity index (χ1n) is 7.50. The van der Waals surface area contributed by atoms with Gasteiger partial charge in [0.05, 0.1) is 5.75 Å². The Bertz CT molecular complexity index is 489. The highest BCUT2D eigenvalue weighted by Crippen LogP contribution is 2.38. The molecule has 6 nitrogen and oxygen atoms in total. The van der Waals surface area contributed by atoms with E-state index in [1.165, 1.54) is 37.4 Å². The van der Waals surface area contributed by atoms with Crippen LogP contribution in [0.25, 0.3) is 0 Å². The summed E-state index contributed by atoms with van der Waals surface area (Å²) in [5.74, 6) is 0.0303. The van der Waals surface area contributed by atoms with E-state index in [1.807, 2.05) is 11.6 Å². The van der Waals surface area contributed by atoms with Crippen LogP contribution in [0.4, 0.5) is 5.95 Å². The highest BCUT2D eigenvalue weighted by atomic mass is 32.2. The lowest BCUT2D eigenvalue weighted by Gasteiger charge is -2.41. The molecule has 0 radical (unpaired) electrons. The number of hydrogen-bond acceptors (Lipinski definition) is 5. The SMILES string of the molecule is CCC1(CC)CCN(c2nnc(SCC(=O)O)n2C)CC1. The van der Waals surface area contributed by atoms with Crippen LogP contribution in [0.3, 0.4) is 0 Å². The summed E-state index contributed by atoms with van der Waals surface area (Å²) >= 11 is 1.21. The lowest BCUT2D eigenvalue weighted by atomic mass is 9.74. The summed E-state index contributed by atoms with van der Waals surface area (Å²) in [5.41, 5.74) is 0.482. The van der Waals surface area contributed by atoms with Crippen LogP contribution < -0.4 is 4.90 Å². The molecule has 1 aromatic heterocycles. The number of aliphatic carboxylic acids is 1. The van der Waals surface area contributed by atoms with Gasteiger partial charge in [0.25, 0.3) is 0 Å². The zero-order chi connectivity index (χ0) is 15.5. The molecule has 0 bridgehead atoms. The third kappa shape index (κ3) is 3.51. The Morgan fingerprint density at radius 1 is 1.29 bits per heavy atom. The first kappa shape index (κ1) is 16.1. The minimum atomic E-state index is -0.835. The fraction of sp³-hybridized carbons (Fsp3) is 0.786. The molecule has 1 aromatic rings. The van der Waals surface area contributed by atoms with Gasteiger partial charge in [-0.25, -0.2) is 0 Å². The number of carboxylic acid groups (broad SMARTS) is 1. The maximum absolute atomic E-state index is 10.6. The number of hydrogen-bond donors (Lipinski definition) is 1. The molecule has 2 rings (SSSR count). The van der Waals surface area contributed by atoms with Crippen molar-refractivity contribution in [3.63, 3.8) is 0 Å². The Kier molecular flexibility index (Phi) is 5.13. The van der Waals surface area contributed by atoms with Gasteiger partial charge in [0.1, 0.15) is 0 Å². The van der Waals surface area contributed by atoms with Crippen LogP contribution in [0, 0.1) is 5.41 Å². The van der Waals surface area contributed by atoms with E-state index in [0.29, 0.717) is 10.6 Å². The molecule has 0 aromatic carbocycles. The van der Waals surface area contributed by atoms with E-state index in [4.69, 9.17) is 5.11 Å². The highest BCUT2D eigenvalue weighted by Gasteiger charge is 2.32. The van der Waals surface area contributed by atoms with Crippen LogP contribution in [0.2, 0.25) is 0 Å². The number of carboxylic acids is 1. The first-order valence-corrected chi connectivity index (χ1v) is 8.49. The molecular weight excluding hydrogens is 288 g/mol. The molecule has 0 spiro atoms. The van der Waals surface area contributed by atoms with Gasteiger partial charge >= 0.3 is 5.97 Å². The number of nitrogens with zero attached hydrogens (tertiary/aromatic N) is 4. The van der Waals surface area contributed by atoms with Crippen molar-refractivity contribution in [1.29, 1.82) is 0 Å². The van der Waals surface area contributed by atoms with Crippen molar-refractivity contribution in [2.75, 3.05) is 23.7 Å². The zero-order valence-corrected chi connectivity index (χ0v) is 13.8. The monoisotopic (exact) mass is 312 g/mol. The largest absolute Gasteiger partial charge is 0.481 e. The highest BCUT2D eigenvalue weighted by molar-refractivity contribution is 7.99. The molecular formula is C14H24N4O2S. The van der Waals surface area contributed by atoms with Crippen molar-refractivity contribution in [2.45, 2.75) is 44.7 Å².